The van der Waals surface area contributed by atoms with Crippen LogP contribution in [0.25, 0.3) is 11.1 Å². The first-order valence-corrected chi connectivity index (χ1v) is 7.39. The minimum atomic E-state index is -0.628. The van der Waals surface area contributed by atoms with E-state index in [0.29, 0.717) is 16.9 Å². The van der Waals surface area contributed by atoms with Crippen molar-refractivity contribution in [2.45, 2.75) is 6.61 Å². The number of hydrogen-bond acceptors (Lipinski definition) is 5. The van der Waals surface area contributed by atoms with E-state index in [0.717, 1.165) is 5.56 Å². The Balaban J connectivity index is 1.67. The zero-order valence-corrected chi connectivity index (χ0v) is 13.0. The van der Waals surface area contributed by atoms with Gasteiger partial charge in [-0.15, -0.1) is 0 Å². The second-order valence-corrected chi connectivity index (χ2v) is 5.15. The van der Waals surface area contributed by atoms with Crippen molar-refractivity contribution in [2.75, 3.05) is 5.32 Å². The van der Waals surface area contributed by atoms with Crippen molar-refractivity contribution >= 4 is 17.6 Å². The highest BCUT2D eigenvalue weighted by Gasteiger charge is 2.13. The van der Waals surface area contributed by atoms with Gasteiger partial charge in [0, 0.05) is 17.7 Å². The Bertz CT molecular complexity index is 875. The predicted octanol–water partition coefficient (Wildman–Crippen LogP) is 3.73. The number of aromatic nitrogens is 2. The zero-order valence-electron chi connectivity index (χ0n) is 13.0. The summed E-state index contributed by atoms with van der Waals surface area (Å²) in [6.07, 6.45) is 0.893. The van der Waals surface area contributed by atoms with E-state index in [1.807, 2.05) is 30.3 Å². The summed E-state index contributed by atoms with van der Waals surface area (Å²) in [4.78, 5) is 22.2. The Morgan fingerprint density at radius 3 is 2.56 bits per heavy atom. The van der Waals surface area contributed by atoms with Gasteiger partial charge in [0.25, 0.3) is 5.69 Å². The number of benzene rings is 2. The molecular weight excluding hydrogens is 324 g/mol. The van der Waals surface area contributed by atoms with Gasteiger partial charge in [-0.3, -0.25) is 20.5 Å². The van der Waals surface area contributed by atoms with Crippen LogP contribution in [0.4, 0.5) is 16.3 Å². The zero-order chi connectivity index (χ0) is 17.6. The van der Waals surface area contributed by atoms with E-state index in [4.69, 9.17) is 4.74 Å². The fourth-order valence-electron chi connectivity index (χ4n) is 2.22. The molecule has 0 saturated carbocycles. The molecule has 1 aromatic heterocycles. The Labute approximate surface area is 142 Å². The minimum Gasteiger partial charge on any atom is -0.444 e. The highest BCUT2D eigenvalue weighted by molar-refractivity contribution is 5.89. The summed E-state index contributed by atoms with van der Waals surface area (Å²) in [5.41, 5.74) is 2.14. The van der Waals surface area contributed by atoms with Crippen molar-refractivity contribution in [3.05, 3.63) is 76.5 Å². The lowest BCUT2D eigenvalue weighted by Crippen LogP contribution is -2.14. The van der Waals surface area contributed by atoms with Gasteiger partial charge in [0.1, 0.15) is 12.4 Å². The monoisotopic (exact) mass is 338 g/mol. The summed E-state index contributed by atoms with van der Waals surface area (Å²) in [5, 5.41) is 19.9. The smallest absolute Gasteiger partial charge is 0.413 e. The number of amides is 1. The number of H-pyrrole nitrogens is 1. The number of nitrogens with one attached hydrogen (secondary N) is 2. The van der Waals surface area contributed by atoms with Crippen LogP contribution in [0.2, 0.25) is 0 Å². The van der Waals surface area contributed by atoms with Crippen molar-refractivity contribution in [1.29, 1.82) is 0 Å². The number of non-ortho nitro benzene ring substituents is 1. The van der Waals surface area contributed by atoms with E-state index >= 15 is 0 Å². The molecule has 2 aromatic carbocycles. The second kappa shape index (κ2) is 7.26. The molecule has 0 bridgehead atoms. The van der Waals surface area contributed by atoms with Crippen LogP contribution in [0.1, 0.15) is 5.56 Å². The predicted molar refractivity (Wildman–Crippen MR) is 90.9 cm³/mol. The first kappa shape index (κ1) is 16.2. The van der Waals surface area contributed by atoms with Gasteiger partial charge in [-0.25, -0.2) is 4.79 Å². The number of aromatic amines is 1. The fourth-order valence-corrected chi connectivity index (χ4v) is 2.22. The fraction of sp³-hybridized carbons (Fsp3) is 0.0588. The molecule has 3 aromatic rings. The molecule has 8 nitrogen and oxygen atoms in total. The molecule has 0 atom stereocenters. The maximum absolute atomic E-state index is 11.9. The van der Waals surface area contributed by atoms with Crippen LogP contribution in [-0.2, 0) is 11.3 Å². The Hall–Kier alpha value is -3.68. The molecule has 0 aliphatic carbocycles. The first-order valence-electron chi connectivity index (χ1n) is 7.39. The topological polar surface area (TPSA) is 110 Å². The van der Waals surface area contributed by atoms with E-state index in [9.17, 15) is 14.9 Å². The van der Waals surface area contributed by atoms with Crippen LogP contribution in [0.3, 0.4) is 0 Å². The van der Waals surface area contributed by atoms with Gasteiger partial charge in [-0.05, 0) is 23.3 Å². The van der Waals surface area contributed by atoms with Crippen LogP contribution in [-0.4, -0.2) is 21.2 Å². The molecule has 0 aliphatic rings. The third-order valence-corrected chi connectivity index (χ3v) is 3.47. The van der Waals surface area contributed by atoms with Gasteiger partial charge < -0.3 is 4.74 Å². The summed E-state index contributed by atoms with van der Waals surface area (Å²) in [6.45, 7) is 0.147. The number of rotatable bonds is 5. The number of hydrogen-bond donors (Lipinski definition) is 2. The highest BCUT2D eigenvalue weighted by atomic mass is 16.6. The summed E-state index contributed by atoms with van der Waals surface area (Å²) in [5.74, 6) is 0.354. The van der Waals surface area contributed by atoms with Gasteiger partial charge in [-0.1, -0.05) is 30.3 Å². The first-order chi connectivity index (χ1) is 12.1. The quantitative estimate of drug-likeness (QED) is 0.544. The molecule has 3 rings (SSSR count). The van der Waals surface area contributed by atoms with E-state index in [-0.39, 0.29) is 12.3 Å². The number of carbonyl (C=O) groups excluding carboxylic acids is 1. The van der Waals surface area contributed by atoms with Crippen molar-refractivity contribution in [2.24, 2.45) is 0 Å². The van der Waals surface area contributed by atoms with Gasteiger partial charge >= 0.3 is 6.09 Å². The van der Waals surface area contributed by atoms with E-state index in [1.165, 1.54) is 18.3 Å². The van der Waals surface area contributed by atoms with Gasteiger partial charge in [-0.2, -0.15) is 5.10 Å². The second-order valence-electron chi connectivity index (χ2n) is 5.15. The molecule has 126 valence electrons. The molecule has 25 heavy (non-hydrogen) atoms. The third-order valence-electron chi connectivity index (χ3n) is 3.47. The number of nitrogens with zero attached hydrogens (tertiary/aromatic N) is 2. The summed E-state index contributed by atoms with van der Waals surface area (Å²) < 4.78 is 5.16. The van der Waals surface area contributed by atoms with Crippen LogP contribution >= 0.6 is 0 Å². The normalized spacial score (nSPS) is 10.2. The number of anilines is 1. The maximum atomic E-state index is 11.9. The van der Waals surface area contributed by atoms with E-state index in [2.05, 4.69) is 15.5 Å². The summed E-state index contributed by atoms with van der Waals surface area (Å²) in [6, 6.07) is 15.3. The molecule has 0 radical (unpaired) electrons. The van der Waals surface area contributed by atoms with Crippen LogP contribution in [0, 0.1) is 10.1 Å². The number of nitro benzene ring substituents is 1. The molecule has 0 unspecified atom stereocenters. The van der Waals surface area contributed by atoms with E-state index in [1.54, 1.807) is 12.1 Å². The molecule has 1 amide bonds. The number of carbonyl (C=O) groups is 1. The lowest BCUT2D eigenvalue weighted by molar-refractivity contribution is -0.384. The molecule has 0 spiro atoms. The lowest BCUT2D eigenvalue weighted by atomic mass is 10.1. The van der Waals surface area contributed by atoms with Crippen LogP contribution in [0.15, 0.2) is 60.8 Å². The van der Waals surface area contributed by atoms with Gasteiger partial charge in [0.2, 0.25) is 0 Å². The number of nitro groups is 1. The SMILES string of the molecule is O=C(Nc1[nH]ncc1-c1ccc([N+](=O)[O-])cc1)OCc1ccccc1. The molecule has 8 heteroatoms. The highest BCUT2D eigenvalue weighted by Crippen LogP contribution is 2.27. The van der Waals surface area contributed by atoms with Crippen molar-refractivity contribution in [3.63, 3.8) is 0 Å². The number of ether oxygens (including phenoxy) is 1. The van der Waals surface area contributed by atoms with Crippen LogP contribution < -0.4 is 5.32 Å². The molecule has 0 fully saturated rings. The average Bonchev–Trinajstić information content (AvgIpc) is 3.09. The lowest BCUT2D eigenvalue weighted by Gasteiger charge is -2.07. The summed E-state index contributed by atoms with van der Waals surface area (Å²) in [7, 11) is 0. The van der Waals surface area contributed by atoms with Crippen molar-refractivity contribution in [1.82, 2.24) is 10.2 Å². The third kappa shape index (κ3) is 3.99. The average molecular weight is 338 g/mol. The maximum Gasteiger partial charge on any atom is 0.413 e. The Morgan fingerprint density at radius 2 is 1.88 bits per heavy atom. The minimum absolute atomic E-state index is 0.0102. The van der Waals surface area contributed by atoms with Crippen molar-refractivity contribution in [3.8, 4) is 11.1 Å². The Kier molecular flexibility index (Phi) is 4.70. The van der Waals surface area contributed by atoms with Crippen LogP contribution in [0.5, 0.6) is 0 Å². The molecule has 0 aliphatic heterocycles. The van der Waals surface area contributed by atoms with Gasteiger partial charge in [0.15, 0.2) is 0 Å². The van der Waals surface area contributed by atoms with E-state index < -0.39 is 11.0 Å². The largest absolute Gasteiger partial charge is 0.444 e. The summed E-state index contributed by atoms with van der Waals surface area (Å²) >= 11 is 0. The molecule has 2 N–H and O–H groups in total. The molecule has 0 saturated heterocycles. The molecule has 1 heterocycles. The van der Waals surface area contributed by atoms with Gasteiger partial charge in [0.05, 0.1) is 11.1 Å². The van der Waals surface area contributed by atoms with Crippen molar-refractivity contribution < 1.29 is 14.5 Å². The molecular formula is C17H14N4O4. The standard InChI is InChI=1S/C17H14N4O4/c22-17(25-11-12-4-2-1-3-5-12)19-16-15(10-18-20-16)13-6-8-14(9-7-13)21(23)24/h1-10H,11H2,(H2,18,19,20,22). The Morgan fingerprint density at radius 1 is 1.16 bits per heavy atom.